The van der Waals surface area contributed by atoms with Crippen LogP contribution in [0.15, 0.2) is 54.6 Å². The van der Waals surface area contributed by atoms with Crippen molar-refractivity contribution in [2.45, 2.75) is 20.8 Å². The molecule has 0 aliphatic rings. The molecule has 0 bridgehead atoms. The zero-order valence-electron chi connectivity index (χ0n) is 14.4. The number of benzene rings is 3. The maximum atomic E-state index is 14.0. The second-order valence-corrected chi connectivity index (χ2v) is 6.44. The monoisotopic (exact) mass is 338 g/mol. The van der Waals surface area contributed by atoms with Gasteiger partial charge in [-0.15, -0.1) is 0 Å². The molecule has 25 heavy (non-hydrogen) atoms. The summed E-state index contributed by atoms with van der Waals surface area (Å²) in [5.74, 6) is -1.10. The van der Waals surface area contributed by atoms with Crippen molar-refractivity contribution in [1.29, 1.82) is 0 Å². The molecule has 0 saturated heterocycles. The summed E-state index contributed by atoms with van der Waals surface area (Å²) in [4.78, 5) is 0. The van der Waals surface area contributed by atoms with Crippen molar-refractivity contribution in [2.75, 3.05) is 0 Å². The predicted molar refractivity (Wildman–Crippen MR) is 98.1 cm³/mol. The molecule has 3 aromatic rings. The predicted octanol–water partition coefficient (Wildman–Crippen LogP) is 3.55. The first-order valence-electron chi connectivity index (χ1n) is 8.15. The maximum absolute atomic E-state index is 14.0. The minimum absolute atomic E-state index is 0.367. The van der Waals surface area contributed by atoms with Gasteiger partial charge in [-0.3, -0.25) is 0 Å². The molecule has 0 aliphatic heterocycles. The first-order valence-corrected chi connectivity index (χ1v) is 8.15. The second-order valence-electron chi connectivity index (χ2n) is 6.44. The van der Waals surface area contributed by atoms with Crippen molar-refractivity contribution in [1.82, 2.24) is 0 Å². The van der Waals surface area contributed by atoms with Crippen molar-refractivity contribution in [3.05, 3.63) is 88.7 Å². The van der Waals surface area contributed by atoms with Gasteiger partial charge in [-0.25, -0.2) is 13.2 Å². The molecule has 0 heterocycles. The number of halogens is 3. The first-order chi connectivity index (χ1) is 11.9. The van der Waals surface area contributed by atoms with Crippen LogP contribution in [0.2, 0.25) is 0 Å². The fraction of sp³-hybridized carbons (Fsp3) is 0.143. The van der Waals surface area contributed by atoms with Gasteiger partial charge >= 0.3 is 0 Å². The zero-order valence-corrected chi connectivity index (χ0v) is 14.4. The van der Waals surface area contributed by atoms with Crippen molar-refractivity contribution < 1.29 is 13.2 Å². The highest BCUT2D eigenvalue weighted by molar-refractivity contribution is 6.96. The fourth-order valence-corrected chi connectivity index (χ4v) is 3.27. The summed E-state index contributed by atoms with van der Waals surface area (Å²) in [6.07, 6.45) is 0. The summed E-state index contributed by atoms with van der Waals surface area (Å²) >= 11 is 0. The third-order valence-electron chi connectivity index (χ3n) is 4.66. The number of aryl methyl sites for hydroxylation is 3. The third kappa shape index (κ3) is 3.48. The molecule has 126 valence electrons. The minimum atomic E-state index is -0.443. The lowest BCUT2D eigenvalue weighted by Gasteiger charge is -2.21. The fourth-order valence-electron chi connectivity index (χ4n) is 3.27. The van der Waals surface area contributed by atoms with Crippen LogP contribution in [0.1, 0.15) is 16.7 Å². The van der Waals surface area contributed by atoms with E-state index < -0.39 is 6.71 Å². The van der Waals surface area contributed by atoms with E-state index in [1.807, 2.05) is 20.8 Å². The van der Waals surface area contributed by atoms with Crippen LogP contribution in [0.5, 0.6) is 0 Å². The maximum Gasteiger partial charge on any atom is 0.242 e. The Hall–Kier alpha value is -2.49. The van der Waals surface area contributed by atoms with Crippen LogP contribution < -0.4 is 16.4 Å². The van der Waals surface area contributed by atoms with Crippen LogP contribution in [0.25, 0.3) is 0 Å². The van der Waals surface area contributed by atoms with E-state index in [1.54, 1.807) is 18.2 Å². The van der Waals surface area contributed by atoms with E-state index in [9.17, 15) is 13.2 Å². The van der Waals surface area contributed by atoms with Gasteiger partial charge < -0.3 is 0 Å². The van der Waals surface area contributed by atoms with Gasteiger partial charge in [0.1, 0.15) is 17.5 Å². The molecule has 0 N–H and O–H groups in total. The van der Waals surface area contributed by atoms with Crippen molar-refractivity contribution in [3.63, 3.8) is 0 Å². The van der Waals surface area contributed by atoms with E-state index >= 15 is 0 Å². The highest BCUT2D eigenvalue weighted by Gasteiger charge is 2.27. The van der Waals surface area contributed by atoms with Gasteiger partial charge in [-0.2, -0.15) is 0 Å². The SMILES string of the molecule is Cc1ccc(F)cc1B(c1cc(F)ccc1C)c1cc(F)ccc1C. The highest BCUT2D eigenvalue weighted by Crippen LogP contribution is 2.09. The molecule has 0 fully saturated rings. The molecule has 3 rings (SSSR count). The normalized spacial score (nSPS) is 10.8. The average molecular weight is 338 g/mol. The molecule has 0 aromatic heterocycles. The summed E-state index contributed by atoms with van der Waals surface area (Å²) in [6, 6.07) is 13.6. The topological polar surface area (TPSA) is 0 Å². The molecule has 0 radical (unpaired) electrons. The van der Waals surface area contributed by atoms with Crippen LogP contribution in [-0.4, -0.2) is 6.71 Å². The lowest BCUT2D eigenvalue weighted by Crippen LogP contribution is -2.55. The molecule has 0 atom stereocenters. The summed E-state index contributed by atoms with van der Waals surface area (Å²) in [5, 5.41) is 0. The summed E-state index contributed by atoms with van der Waals surface area (Å²) in [6.45, 7) is 5.20. The van der Waals surface area contributed by atoms with Crippen LogP contribution in [0.4, 0.5) is 13.2 Å². The van der Waals surface area contributed by atoms with Gasteiger partial charge in [-0.1, -0.05) is 51.3 Å². The Kier molecular flexibility index (Phi) is 4.71. The molecule has 0 amide bonds. The van der Waals surface area contributed by atoms with Crippen LogP contribution >= 0.6 is 0 Å². The molecule has 0 unspecified atom stereocenters. The van der Waals surface area contributed by atoms with Gasteiger partial charge in [0.15, 0.2) is 0 Å². The highest BCUT2D eigenvalue weighted by atomic mass is 19.1. The van der Waals surface area contributed by atoms with Gasteiger partial charge in [0.05, 0.1) is 0 Å². The van der Waals surface area contributed by atoms with Gasteiger partial charge in [0.2, 0.25) is 6.71 Å². The Morgan fingerprint density at radius 2 is 0.800 bits per heavy atom. The lowest BCUT2D eigenvalue weighted by atomic mass is 9.35. The molecule has 0 saturated carbocycles. The number of rotatable bonds is 3. The van der Waals surface area contributed by atoms with Gasteiger partial charge in [-0.05, 0) is 57.2 Å². The van der Waals surface area contributed by atoms with Crippen LogP contribution in [0, 0.1) is 38.2 Å². The Morgan fingerprint density at radius 3 is 1.08 bits per heavy atom. The molecular weight excluding hydrogens is 320 g/mol. The number of hydrogen-bond acceptors (Lipinski definition) is 0. The summed E-state index contributed by atoms with van der Waals surface area (Å²) in [7, 11) is 0. The standard InChI is InChI=1S/C21H18BF3/c1-13-4-7-16(23)10-19(13)22(20-11-17(24)8-5-14(20)2)21-12-18(25)9-6-15(21)3/h4-12H,1-3H3. The van der Waals surface area contributed by atoms with E-state index in [1.165, 1.54) is 36.4 Å². The lowest BCUT2D eigenvalue weighted by molar-refractivity contribution is 0.628. The smallest absolute Gasteiger partial charge is 0.207 e. The minimum Gasteiger partial charge on any atom is -0.207 e. The van der Waals surface area contributed by atoms with Gasteiger partial charge in [0, 0.05) is 0 Å². The zero-order chi connectivity index (χ0) is 18.1. The van der Waals surface area contributed by atoms with E-state index in [-0.39, 0.29) is 17.5 Å². The Morgan fingerprint density at radius 1 is 0.520 bits per heavy atom. The van der Waals surface area contributed by atoms with Crippen molar-refractivity contribution in [2.24, 2.45) is 0 Å². The molecule has 0 nitrogen and oxygen atoms in total. The first kappa shape index (κ1) is 17.3. The van der Waals surface area contributed by atoms with Crippen LogP contribution in [-0.2, 0) is 0 Å². The van der Waals surface area contributed by atoms with Gasteiger partial charge in [0.25, 0.3) is 0 Å². The Bertz CT molecular complexity index is 812. The molecule has 4 heteroatoms. The molecule has 3 aromatic carbocycles. The Balaban J connectivity index is 2.34. The Labute approximate surface area is 146 Å². The third-order valence-corrected chi connectivity index (χ3v) is 4.66. The van der Waals surface area contributed by atoms with E-state index in [4.69, 9.17) is 0 Å². The molecular formula is C21H18BF3. The molecule has 0 spiro atoms. The van der Waals surface area contributed by atoms with E-state index in [2.05, 4.69) is 0 Å². The summed E-state index contributed by atoms with van der Waals surface area (Å²) < 4.78 is 41.9. The van der Waals surface area contributed by atoms with Crippen molar-refractivity contribution in [3.8, 4) is 0 Å². The van der Waals surface area contributed by atoms with Crippen molar-refractivity contribution >= 4 is 23.1 Å². The van der Waals surface area contributed by atoms with Crippen LogP contribution in [0.3, 0.4) is 0 Å². The summed E-state index contributed by atoms with van der Waals surface area (Å²) in [5.41, 5.74) is 4.75. The molecule has 0 aliphatic carbocycles. The average Bonchev–Trinajstić information content (AvgIpc) is 2.57. The van der Waals surface area contributed by atoms with E-state index in [0.717, 1.165) is 16.7 Å². The number of hydrogen-bond donors (Lipinski definition) is 0. The quantitative estimate of drug-likeness (QED) is 0.641. The largest absolute Gasteiger partial charge is 0.242 e. The second kappa shape index (κ2) is 6.79. The van der Waals surface area contributed by atoms with E-state index in [0.29, 0.717) is 16.4 Å².